The number of carbonyl (C=O) groups is 1. The molecular weight excluding hydrogens is 176 g/mol. The van der Waals surface area contributed by atoms with Crippen molar-refractivity contribution in [1.82, 2.24) is 0 Å². The van der Waals surface area contributed by atoms with Crippen LogP contribution in [-0.2, 0) is 4.79 Å². The lowest BCUT2D eigenvalue weighted by molar-refractivity contribution is -0.136. The summed E-state index contributed by atoms with van der Waals surface area (Å²) in [6, 6.07) is 0. The van der Waals surface area contributed by atoms with E-state index < -0.39 is 5.97 Å². The zero-order chi connectivity index (χ0) is 9.23. The first-order valence-corrected chi connectivity index (χ1v) is 5.33. The van der Waals surface area contributed by atoms with Crippen molar-refractivity contribution < 1.29 is 15.0 Å². The third kappa shape index (κ3) is 9.78. The number of carboxylic acid groups (broad SMARTS) is 1. The Bertz CT molecular complexity index is 117. The first-order chi connectivity index (χ1) is 5.77. The summed E-state index contributed by atoms with van der Waals surface area (Å²) in [5.41, 5.74) is 0. The lowest BCUT2D eigenvalue weighted by Crippen LogP contribution is -1.96. The molecule has 0 aromatic carbocycles. The van der Waals surface area contributed by atoms with Crippen LogP contribution in [0.25, 0.3) is 0 Å². The highest BCUT2D eigenvalue weighted by molar-refractivity contribution is 7.99. The quantitative estimate of drug-likeness (QED) is 0.570. The van der Waals surface area contributed by atoms with Crippen LogP contribution in [0.3, 0.4) is 0 Å². The fourth-order valence-electron chi connectivity index (χ4n) is 0.754. The normalized spacial score (nSPS) is 10.1. The molecule has 72 valence electrons. The molecule has 3 nitrogen and oxygen atoms in total. The average molecular weight is 192 g/mol. The van der Waals surface area contributed by atoms with Crippen molar-refractivity contribution in [3.05, 3.63) is 0 Å². The zero-order valence-corrected chi connectivity index (χ0v) is 7.98. The van der Waals surface area contributed by atoms with Crippen molar-refractivity contribution >= 4 is 17.7 Å². The van der Waals surface area contributed by atoms with Crippen LogP contribution in [0, 0.1) is 0 Å². The second kappa shape index (κ2) is 8.87. The van der Waals surface area contributed by atoms with Crippen molar-refractivity contribution in [2.24, 2.45) is 0 Å². The van der Waals surface area contributed by atoms with Gasteiger partial charge in [-0.2, -0.15) is 11.8 Å². The number of hydrogen-bond acceptors (Lipinski definition) is 3. The molecular formula is C8H16O3S. The van der Waals surface area contributed by atoms with Gasteiger partial charge in [0.2, 0.25) is 0 Å². The van der Waals surface area contributed by atoms with Gasteiger partial charge in [-0.25, -0.2) is 0 Å². The van der Waals surface area contributed by atoms with Gasteiger partial charge in [-0.05, 0) is 18.6 Å². The number of thioether (sulfide) groups is 1. The summed E-state index contributed by atoms with van der Waals surface area (Å²) in [5, 5.41) is 16.8. The average Bonchev–Trinajstić information content (AvgIpc) is 2.02. The minimum atomic E-state index is -0.724. The molecule has 12 heavy (non-hydrogen) atoms. The maximum atomic E-state index is 10.1. The van der Waals surface area contributed by atoms with E-state index >= 15 is 0 Å². The van der Waals surface area contributed by atoms with Gasteiger partial charge in [0.05, 0.1) is 6.42 Å². The highest BCUT2D eigenvalue weighted by atomic mass is 32.2. The van der Waals surface area contributed by atoms with Gasteiger partial charge in [0.25, 0.3) is 0 Å². The summed E-state index contributed by atoms with van der Waals surface area (Å²) >= 11 is 1.67. The zero-order valence-electron chi connectivity index (χ0n) is 7.16. The fourth-order valence-corrected chi connectivity index (χ4v) is 1.69. The Hall–Kier alpha value is -0.220. The predicted molar refractivity (Wildman–Crippen MR) is 50.5 cm³/mol. The summed E-state index contributed by atoms with van der Waals surface area (Å²) in [7, 11) is 0. The lowest BCUT2D eigenvalue weighted by atomic mass is 10.3. The fraction of sp³-hybridized carbons (Fsp3) is 0.875. The molecule has 0 atom stereocenters. The summed E-state index contributed by atoms with van der Waals surface area (Å²) in [6.45, 7) is 0.264. The number of aliphatic hydroxyl groups excluding tert-OH is 1. The smallest absolute Gasteiger partial charge is 0.304 e. The minimum Gasteiger partial charge on any atom is -0.481 e. The topological polar surface area (TPSA) is 57.5 Å². The maximum absolute atomic E-state index is 10.1. The highest BCUT2D eigenvalue weighted by Crippen LogP contribution is 2.07. The van der Waals surface area contributed by atoms with E-state index in [9.17, 15) is 4.79 Å². The van der Waals surface area contributed by atoms with Crippen molar-refractivity contribution in [3.63, 3.8) is 0 Å². The van der Waals surface area contributed by atoms with Crippen LogP contribution in [0.4, 0.5) is 0 Å². The molecule has 0 bridgehead atoms. The first-order valence-electron chi connectivity index (χ1n) is 4.17. The second-order valence-corrected chi connectivity index (χ2v) is 3.77. The molecule has 0 amide bonds. The van der Waals surface area contributed by atoms with Crippen molar-refractivity contribution in [3.8, 4) is 0 Å². The first kappa shape index (κ1) is 11.8. The second-order valence-electron chi connectivity index (χ2n) is 2.54. The van der Waals surface area contributed by atoms with E-state index in [4.69, 9.17) is 10.2 Å². The number of aliphatic hydroxyl groups is 1. The molecule has 0 radical (unpaired) electrons. The van der Waals surface area contributed by atoms with Crippen molar-refractivity contribution in [2.75, 3.05) is 18.1 Å². The summed E-state index contributed by atoms with van der Waals surface area (Å²) < 4.78 is 0. The molecule has 0 aliphatic carbocycles. The maximum Gasteiger partial charge on any atom is 0.304 e. The molecule has 0 aliphatic heterocycles. The van der Waals surface area contributed by atoms with Crippen LogP contribution < -0.4 is 0 Å². The molecule has 4 heteroatoms. The molecule has 0 aromatic heterocycles. The summed E-state index contributed by atoms with van der Waals surface area (Å²) in [5.74, 6) is 0.986. The lowest BCUT2D eigenvalue weighted by Gasteiger charge is -1.98. The van der Waals surface area contributed by atoms with Crippen LogP contribution in [0.1, 0.15) is 25.7 Å². The number of carboxylic acids is 1. The van der Waals surface area contributed by atoms with Crippen molar-refractivity contribution in [2.45, 2.75) is 25.7 Å². The van der Waals surface area contributed by atoms with Gasteiger partial charge < -0.3 is 10.2 Å². The van der Waals surface area contributed by atoms with E-state index in [2.05, 4.69) is 0 Å². The highest BCUT2D eigenvalue weighted by Gasteiger charge is 1.95. The Morgan fingerprint density at radius 2 is 1.92 bits per heavy atom. The van der Waals surface area contributed by atoms with Crippen LogP contribution in [0.2, 0.25) is 0 Å². The van der Waals surface area contributed by atoms with Crippen LogP contribution in [-0.4, -0.2) is 34.3 Å². The number of hydrogen-bond donors (Lipinski definition) is 2. The minimum absolute atomic E-state index is 0.255. The summed E-state index contributed by atoms with van der Waals surface area (Å²) in [4.78, 5) is 10.1. The third-order valence-electron chi connectivity index (χ3n) is 1.41. The molecule has 0 spiro atoms. The Labute approximate surface area is 77.2 Å². The molecule has 2 N–H and O–H groups in total. The number of unbranched alkanes of at least 4 members (excludes halogenated alkanes) is 2. The van der Waals surface area contributed by atoms with E-state index in [1.54, 1.807) is 11.8 Å². The Morgan fingerprint density at radius 1 is 1.17 bits per heavy atom. The van der Waals surface area contributed by atoms with Gasteiger partial charge in [0, 0.05) is 12.4 Å². The van der Waals surface area contributed by atoms with Gasteiger partial charge in [0.15, 0.2) is 0 Å². The van der Waals surface area contributed by atoms with Gasteiger partial charge in [-0.1, -0.05) is 6.42 Å². The summed E-state index contributed by atoms with van der Waals surface area (Å²) in [6.07, 6.45) is 3.23. The molecule has 0 heterocycles. The van der Waals surface area contributed by atoms with Crippen molar-refractivity contribution in [1.29, 1.82) is 0 Å². The van der Waals surface area contributed by atoms with Gasteiger partial charge in [-0.15, -0.1) is 0 Å². The van der Waals surface area contributed by atoms with E-state index in [1.807, 2.05) is 0 Å². The Balaban J connectivity index is 2.86. The van der Waals surface area contributed by atoms with Gasteiger partial charge >= 0.3 is 5.97 Å². The van der Waals surface area contributed by atoms with Crippen LogP contribution in [0.15, 0.2) is 0 Å². The monoisotopic (exact) mass is 192 g/mol. The Kier molecular flexibility index (Phi) is 8.71. The SMILES string of the molecule is O=C(O)CCSCCCCCO. The van der Waals surface area contributed by atoms with Crippen LogP contribution >= 0.6 is 11.8 Å². The van der Waals surface area contributed by atoms with E-state index in [-0.39, 0.29) is 13.0 Å². The molecule has 0 aromatic rings. The standard InChI is InChI=1S/C8H16O3S/c9-5-2-1-3-6-12-7-4-8(10)11/h9H,1-7H2,(H,10,11). The molecule has 0 aliphatic rings. The van der Waals surface area contributed by atoms with E-state index in [0.29, 0.717) is 5.75 Å². The molecule has 0 saturated carbocycles. The number of rotatable bonds is 8. The molecule has 0 fully saturated rings. The third-order valence-corrected chi connectivity index (χ3v) is 2.48. The predicted octanol–water partition coefficient (Wildman–Crippen LogP) is 1.36. The van der Waals surface area contributed by atoms with E-state index in [0.717, 1.165) is 25.0 Å². The number of aliphatic carboxylic acids is 1. The molecule has 0 unspecified atom stereocenters. The molecule has 0 saturated heterocycles. The van der Waals surface area contributed by atoms with Crippen LogP contribution in [0.5, 0.6) is 0 Å². The van der Waals surface area contributed by atoms with E-state index in [1.165, 1.54) is 0 Å². The Morgan fingerprint density at radius 3 is 2.50 bits per heavy atom. The molecule has 0 rings (SSSR count). The largest absolute Gasteiger partial charge is 0.481 e. The van der Waals surface area contributed by atoms with Gasteiger partial charge in [-0.3, -0.25) is 4.79 Å². The van der Waals surface area contributed by atoms with Gasteiger partial charge in [0.1, 0.15) is 0 Å².